The number of likely N-dealkylation sites (N-methyl/N-ethyl adjacent to an activating group) is 1. The van der Waals surface area contributed by atoms with E-state index in [0.717, 1.165) is 19.6 Å². The Bertz CT molecular complexity index is 247. The van der Waals surface area contributed by atoms with E-state index in [9.17, 15) is 4.79 Å². The second-order valence-electron chi connectivity index (χ2n) is 4.52. The zero-order valence-corrected chi connectivity index (χ0v) is 10.9. The number of carbonyl (C=O) groups excluding carboxylic acids is 1. The van der Waals surface area contributed by atoms with Crippen molar-refractivity contribution in [2.45, 2.75) is 37.1 Å². The third-order valence-corrected chi connectivity index (χ3v) is 4.12. The van der Waals surface area contributed by atoms with Gasteiger partial charge in [0.15, 0.2) is 0 Å². The van der Waals surface area contributed by atoms with Gasteiger partial charge in [0.2, 0.25) is 5.91 Å². The summed E-state index contributed by atoms with van der Waals surface area (Å²) in [6.07, 6.45) is 3.22. The molecule has 0 aromatic heterocycles. The maximum atomic E-state index is 11.6. The predicted octanol–water partition coefficient (Wildman–Crippen LogP) is 1.47. The lowest BCUT2D eigenvalue weighted by Gasteiger charge is -2.27. The van der Waals surface area contributed by atoms with Crippen LogP contribution in [0.3, 0.4) is 0 Å². The molecule has 2 unspecified atom stereocenters. The van der Waals surface area contributed by atoms with Crippen molar-refractivity contribution in [3.05, 3.63) is 0 Å². The monoisotopic (exact) mass is 274 g/mol. The summed E-state index contributed by atoms with van der Waals surface area (Å²) in [5, 5.41) is 0. The number of alkyl halides is 1. The molecule has 0 spiro atoms. The second kappa shape index (κ2) is 4.83. The van der Waals surface area contributed by atoms with E-state index in [1.165, 1.54) is 19.4 Å². The van der Waals surface area contributed by atoms with Crippen molar-refractivity contribution in [3.63, 3.8) is 0 Å². The molecule has 2 fully saturated rings. The Kier molecular flexibility index (Phi) is 3.67. The number of rotatable bonds is 3. The van der Waals surface area contributed by atoms with Gasteiger partial charge in [0.1, 0.15) is 0 Å². The Balaban J connectivity index is 1.88. The molecular weight excluding hydrogens is 256 g/mol. The van der Waals surface area contributed by atoms with Crippen LogP contribution in [0.4, 0.5) is 0 Å². The largest absolute Gasteiger partial charge is 0.340 e. The summed E-state index contributed by atoms with van der Waals surface area (Å²) >= 11 is 3.52. The minimum absolute atomic E-state index is 0.319. The van der Waals surface area contributed by atoms with E-state index in [0.29, 0.717) is 23.2 Å². The molecule has 0 saturated carbocycles. The van der Waals surface area contributed by atoms with Crippen molar-refractivity contribution < 1.29 is 4.79 Å². The highest BCUT2D eigenvalue weighted by molar-refractivity contribution is 9.09. The summed E-state index contributed by atoms with van der Waals surface area (Å²) in [5.74, 6) is 0.319. The third-order valence-electron chi connectivity index (χ3n) is 3.50. The van der Waals surface area contributed by atoms with Gasteiger partial charge in [0.25, 0.3) is 0 Å². The average molecular weight is 275 g/mol. The summed E-state index contributed by atoms with van der Waals surface area (Å²) < 4.78 is 0. The average Bonchev–Trinajstić information content (AvgIpc) is 2.74. The van der Waals surface area contributed by atoms with Crippen molar-refractivity contribution >= 4 is 21.8 Å². The van der Waals surface area contributed by atoms with Crippen molar-refractivity contribution in [3.8, 4) is 0 Å². The lowest BCUT2D eigenvalue weighted by molar-refractivity contribution is -0.128. The van der Waals surface area contributed by atoms with Crippen LogP contribution in [0, 0.1) is 0 Å². The number of carbonyl (C=O) groups is 1. The van der Waals surface area contributed by atoms with Crippen LogP contribution < -0.4 is 0 Å². The lowest BCUT2D eigenvalue weighted by atomic mass is 10.2. The van der Waals surface area contributed by atoms with E-state index in [4.69, 9.17) is 0 Å². The van der Waals surface area contributed by atoms with Gasteiger partial charge in [-0.15, -0.1) is 0 Å². The van der Waals surface area contributed by atoms with Gasteiger partial charge in [-0.3, -0.25) is 9.69 Å². The highest BCUT2D eigenvalue weighted by atomic mass is 79.9. The molecule has 2 rings (SSSR count). The molecule has 0 aromatic carbocycles. The van der Waals surface area contributed by atoms with Crippen molar-refractivity contribution in [1.82, 2.24) is 9.80 Å². The van der Waals surface area contributed by atoms with Crippen LogP contribution in [0.5, 0.6) is 0 Å². The third kappa shape index (κ3) is 2.53. The number of amides is 1. The molecule has 2 heterocycles. The van der Waals surface area contributed by atoms with E-state index in [2.05, 4.69) is 27.8 Å². The fourth-order valence-electron chi connectivity index (χ4n) is 2.67. The van der Waals surface area contributed by atoms with Gasteiger partial charge in [-0.25, -0.2) is 0 Å². The van der Waals surface area contributed by atoms with E-state index in [1.54, 1.807) is 0 Å². The Morgan fingerprint density at radius 1 is 1.53 bits per heavy atom. The van der Waals surface area contributed by atoms with Crippen LogP contribution in [0.1, 0.15) is 26.2 Å². The summed E-state index contributed by atoms with van der Waals surface area (Å²) in [6, 6.07) is 0.608. The van der Waals surface area contributed by atoms with Gasteiger partial charge < -0.3 is 4.90 Å². The predicted molar refractivity (Wildman–Crippen MR) is 64.2 cm³/mol. The van der Waals surface area contributed by atoms with Crippen LogP contribution in [-0.2, 0) is 4.79 Å². The first-order valence-electron chi connectivity index (χ1n) is 5.86. The molecule has 0 bridgehead atoms. The fraction of sp³-hybridized carbons (Fsp3) is 0.909. The summed E-state index contributed by atoms with van der Waals surface area (Å²) in [5.41, 5.74) is 0. The molecule has 2 aliphatic rings. The molecule has 0 aliphatic carbocycles. The first kappa shape index (κ1) is 11.4. The van der Waals surface area contributed by atoms with Crippen LogP contribution in [0.25, 0.3) is 0 Å². The highest BCUT2D eigenvalue weighted by Gasteiger charge is 2.32. The molecule has 0 N–H and O–H groups in total. The van der Waals surface area contributed by atoms with Crippen molar-refractivity contribution in [1.29, 1.82) is 0 Å². The second-order valence-corrected chi connectivity index (χ2v) is 5.82. The standard InChI is InChI=1S/C11H19BrN2O/c1-2-13-5-3-4-10(13)8-14-7-9(12)6-11(14)15/h9-10H,2-8H2,1H3. The van der Waals surface area contributed by atoms with Crippen molar-refractivity contribution in [2.24, 2.45) is 0 Å². The summed E-state index contributed by atoms with van der Waals surface area (Å²) in [7, 11) is 0. The van der Waals surface area contributed by atoms with Gasteiger partial charge in [0, 0.05) is 30.4 Å². The van der Waals surface area contributed by atoms with Gasteiger partial charge in [-0.2, -0.15) is 0 Å². The number of nitrogens with zero attached hydrogens (tertiary/aromatic N) is 2. The summed E-state index contributed by atoms with van der Waals surface area (Å²) in [6.45, 7) is 6.37. The zero-order valence-electron chi connectivity index (χ0n) is 9.29. The zero-order chi connectivity index (χ0) is 10.8. The van der Waals surface area contributed by atoms with E-state index >= 15 is 0 Å². The first-order valence-corrected chi connectivity index (χ1v) is 6.78. The molecular formula is C11H19BrN2O. The Labute approximate surface area is 99.9 Å². The van der Waals surface area contributed by atoms with E-state index < -0.39 is 0 Å². The lowest BCUT2D eigenvalue weighted by Crippen LogP contribution is -2.41. The van der Waals surface area contributed by atoms with E-state index in [-0.39, 0.29) is 0 Å². The van der Waals surface area contributed by atoms with Crippen molar-refractivity contribution in [2.75, 3.05) is 26.2 Å². The minimum atomic E-state index is 0.319. The molecule has 2 saturated heterocycles. The Hall–Kier alpha value is -0.0900. The van der Waals surface area contributed by atoms with Crippen LogP contribution in [0.2, 0.25) is 0 Å². The Morgan fingerprint density at radius 2 is 2.33 bits per heavy atom. The molecule has 0 aromatic rings. The molecule has 15 heavy (non-hydrogen) atoms. The van der Waals surface area contributed by atoms with Gasteiger partial charge in [0.05, 0.1) is 0 Å². The molecule has 86 valence electrons. The maximum absolute atomic E-state index is 11.6. The molecule has 4 heteroatoms. The SMILES string of the molecule is CCN1CCCC1CN1CC(Br)CC1=O. The van der Waals surface area contributed by atoms with E-state index in [1.807, 2.05) is 4.90 Å². The minimum Gasteiger partial charge on any atom is -0.340 e. The number of halogens is 1. The van der Waals surface area contributed by atoms with Crippen LogP contribution in [-0.4, -0.2) is 52.8 Å². The normalized spacial score (nSPS) is 32.9. The van der Waals surface area contributed by atoms with Gasteiger partial charge in [-0.05, 0) is 25.9 Å². The summed E-state index contributed by atoms with van der Waals surface area (Å²) in [4.78, 5) is 16.5. The topological polar surface area (TPSA) is 23.6 Å². The quantitative estimate of drug-likeness (QED) is 0.728. The molecule has 2 aliphatic heterocycles. The maximum Gasteiger partial charge on any atom is 0.223 e. The Morgan fingerprint density at radius 3 is 2.93 bits per heavy atom. The molecule has 3 nitrogen and oxygen atoms in total. The highest BCUT2D eigenvalue weighted by Crippen LogP contribution is 2.22. The molecule has 1 amide bonds. The van der Waals surface area contributed by atoms with Crippen LogP contribution >= 0.6 is 15.9 Å². The van der Waals surface area contributed by atoms with Gasteiger partial charge in [-0.1, -0.05) is 22.9 Å². The fourth-order valence-corrected chi connectivity index (χ4v) is 3.30. The smallest absolute Gasteiger partial charge is 0.223 e. The first-order chi connectivity index (χ1) is 7.20. The molecule has 2 atom stereocenters. The number of hydrogen-bond donors (Lipinski definition) is 0. The molecule has 0 radical (unpaired) electrons. The number of hydrogen-bond acceptors (Lipinski definition) is 2. The van der Waals surface area contributed by atoms with Gasteiger partial charge >= 0.3 is 0 Å². The van der Waals surface area contributed by atoms with Crippen LogP contribution in [0.15, 0.2) is 0 Å². The number of likely N-dealkylation sites (tertiary alicyclic amines) is 2.